The minimum atomic E-state index is -0.0325. The number of likely N-dealkylation sites (N-methyl/N-ethyl adjacent to an activating group) is 1. The van der Waals surface area contributed by atoms with Crippen molar-refractivity contribution in [1.82, 2.24) is 14.7 Å². The van der Waals surface area contributed by atoms with Crippen molar-refractivity contribution in [2.75, 3.05) is 51.0 Å². The van der Waals surface area contributed by atoms with E-state index in [4.69, 9.17) is 15.2 Å². The van der Waals surface area contributed by atoms with Crippen LogP contribution >= 0.6 is 0 Å². The number of nitrogens with two attached hydrogens (primary N) is 1. The second-order valence-electron chi connectivity index (χ2n) is 8.31. The number of nitrogen functional groups attached to an aromatic ring is 1. The van der Waals surface area contributed by atoms with Gasteiger partial charge in [0.2, 0.25) is 0 Å². The summed E-state index contributed by atoms with van der Waals surface area (Å²) < 4.78 is 13.7. The molecule has 0 saturated carbocycles. The van der Waals surface area contributed by atoms with Gasteiger partial charge in [-0.25, -0.2) is 0 Å². The molecule has 152 valence electrons. The molecule has 0 aliphatic carbocycles. The number of morpholine rings is 1. The molecular weight excluding hydrogens is 354 g/mol. The van der Waals surface area contributed by atoms with E-state index < -0.39 is 0 Å². The molecule has 1 spiro atoms. The number of aromatic nitrogens is 2. The van der Waals surface area contributed by atoms with E-state index in [0.717, 1.165) is 55.8 Å². The van der Waals surface area contributed by atoms with Gasteiger partial charge < -0.3 is 25.0 Å². The Kier molecular flexibility index (Phi) is 4.97. The summed E-state index contributed by atoms with van der Waals surface area (Å²) >= 11 is 0. The minimum Gasteiger partial charge on any atom is -0.495 e. The van der Waals surface area contributed by atoms with E-state index in [0.29, 0.717) is 11.4 Å². The van der Waals surface area contributed by atoms with Crippen molar-refractivity contribution in [2.24, 2.45) is 7.05 Å². The Labute approximate surface area is 167 Å². The third-order valence-electron chi connectivity index (χ3n) is 5.96. The summed E-state index contributed by atoms with van der Waals surface area (Å²) in [5.41, 5.74) is 10.1. The molecule has 0 radical (unpaired) electrons. The first-order valence-electron chi connectivity index (χ1n) is 9.97. The standard InChI is InChI=1S/C21H31N5O2/c1-15-12-24(2)14-21(28-15)5-7-26(8-6-21)19-10-20(27-4)18(22)9-17(19)16-11-23-25(3)13-16/h9-11,13,15H,5-8,12,14,22H2,1-4H3. The average molecular weight is 386 g/mol. The predicted octanol–water partition coefficient (Wildman–Crippen LogP) is 2.37. The van der Waals surface area contributed by atoms with Gasteiger partial charge in [0.05, 0.1) is 30.7 Å². The molecule has 1 unspecified atom stereocenters. The molecule has 1 atom stereocenters. The van der Waals surface area contributed by atoms with Crippen LogP contribution in [0.5, 0.6) is 5.75 Å². The van der Waals surface area contributed by atoms with Crippen molar-refractivity contribution in [3.8, 4) is 16.9 Å². The second-order valence-corrected chi connectivity index (χ2v) is 8.31. The lowest BCUT2D eigenvalue weighted by Crippen LogP contribution is -2.58. The van der Waals surface area contributed by atoms with Crippen LogP contribution < -0.4 is 15.4 Å². The van der Waals surface area contributed by atoms with E-state index in [2.05, 4.69) is 34.9 Å². The van der Waals surface area contributed by atoms with Gasteiger partial charge in [0.25, 0.3) is 0 Å². The van der Waals surface area contributed by atoms with E-state index in [1.807, 2.05) is 30.2 Å². The highest BCUT2D eigenvalue weighted by Crippen LogP contribution is 2.41. The van der Waals surface area contributed by atoms with Crippen LogP contribution in [0.15, 0.2) is 24.5 Å². The number of anilines is 2. The lowest BCUT2D eigenvalue weighted by atomic mass is 9.88. The molecule has 3 heterocycles. The van der Waals surface area contributed by atoms with Crippen molar-refractivity contribution >= 4 is 11.4 Å². The summed E-state index contributed by atoms with van der Waals surface area (Å²) in [7, 11) is 5.79. The Morgan fingerprint density at radius 3 is 2.61 bits per heavy atom. The molecule has 1 aromatic heterocycles. The van der Waals surface area contributed by atoms with Gasteiger partial charge in [-0.15, -0.1) is 0 Å². The van der Waals surface area contributed by atoms with Crippen LogP contribution in [0.4, 0.5) is 11.4 Å². The first kappa shape index (κ1) is 19.1. The van der Waals surface area contributed by atoms with Crippen LogP contribution in [0, 0.1) is 0 Å². The average Bonchev–Trinajstić information content (AvgIpc) is 3.07. The van der Waals surface area contributed by atoms with Crippen LogP contribution in [0.2, 0.25) is 0 Å². The third-order valence-corrected chi connectivity index (χ3v) is 5.96. The molecule has 4 rings (SSSR count). The van der Waals surface area contributed by atoms with Crippen LogP contribution in [0.25, 0.3) is 11.1 Å². The number of aryl methyl sites for hydroxylation is 1. The van der Waals surface area contributed by atoms with Crippen molar-refractivity contribution in [1.29, 1.82) is 0 Å². The number of benzene rings is 1. The van der Waals surface area contributed by atoms with Crippen molar-refractivity contribution < 1.29 is 9.47 Å². The Morgan fingerprint density at radius 2 is 2.00 bits per heavy atom. The maximum Gasteiger partial charge on any atom is 0.143 e. The highest BCUT2D eigenvalue weighted by molar-refractivity contribution is 5.83. The molecule has 2 N–H and O–H groups in total. The zero-order chi connectivity index (χ0) is 19.9. The number of ether oxygens (including phenoxy) is 2. The predicted molar refractivity (Wildman–Crippen MR) is 112 cm³/mol. The molecular formula is C21H31N5O2. The van der Waals surface area contributed by atoms with Crippen LogP contribution in [-0.2, 0) is 11.8 Å². The van der Waals surface area contributed by atoms with E-state index >= 15 is 0 Å². The Hall–Kier alpha value is -2.25. The summed E-state index contributed by atoms with van der Waals surface area (Å²) in [6, 6.07) is 4.06. The Morgan fingerprint density at radius 1 is 1.25 bits per heavy atom. The molecule has 2 fully saturated rings. The van der Waals surface area contributed by atoms with Crippen molar-refractivity contribution in [3.05, 3.63) is 24.5 Å². The number of nitrogens with zero attached hydrogens (tertiary/aromatic N) is 4. The van der Waals surface area contributed by atoms with Crippen LogP contribution in [0.1, 0.15) is 19.8 Å². The molecule has 7 nitrogen and oxygen atoms in total. The number of piperidine rings is 1. The zero-order valence-electron chi connectivity index (χ0n) is 17.3. The van der Waals surface area contributed by atoms with E-state index in [9.17, 15) is 0 Å². The number of hydrogen-bond acceptors (Lipinski definition) is 6. The molecule has 2 saturated heterocycles. The number of hydrogen-bond donors (Lipinski definition) is 1. The van der Waals surface area contributed by atoms with Gasteiger partial charge in [0.1, 0.15) is 5.75 Å². The SMILES string of the molecule is COc1cc(N2CCC3(CC2)CN(C)CC(C)O3)c(-c2cnn(C)c2)cc1N. The van der Waals surface area contributed by atoms with E-state index in [-0.39, 0.29) is 11.7 Å². The molecule has 0 bridgehead atoms. The smallest absolute Gasteiger partial charge is 0.143 e. The molecule has 2 aliphatic rings. The second kappa shape index (κ2) is 7.29. The Balaban J connectivity index is 1.62. The molecule has 2 aliphatic heterocycles. The number of rotatable bonds is 3. The minimum absolute atomic E-state index is 0.0325. The van der Waals surface area contributed by atoms with Gasteiger partial charge in [0, 0.05) is 62.3 Å². The highest BCUT2D eigenvalue weighted by atomic mass is 16.5. The van der Waals surface area contributed by atoms with Gasteiger partial charge in [-0.05, 0) is 32.9 Å². The highest BCUT2D eigenvalue weighted by Gasteiger charge is 2.41. The first-order chi connectivity index (χ1) is 13.4. The summed E-state index contributed by atoms with van der Waals surface area (Å²) in [5.74, 6) is 0.713. The number of methoxy groups -OCH3 is 1. The van der Waals surface area contributed by atoms with Gasteiger partial charge in [-0.1, -0.05) is 0 Å². The lowest BCUT2D eigenvalue weighted by Gasteiger charge is -2.49. The van der Waals surface area contributed by atoms with Gasteiger partial charge in [-0.3, -0.25) is 4.68 Å². The molecule has 7 heteroatoms. The summed E-state index contributed by atoms with van der Waals surface area (Å²) in [6.07, 6.45) is 6.23. The maximum absolute atomic E-state index is 6.43. The molecule has 2 aromatic rings. The topological polar surface area (TPSA) is 68.8 Å². The monoisotopic (exact) mass is 385 g/mol. The molecule has 0 amide bonds. The van der Waals surface area contributed by atoms with E-state index in [1.165, 1.54) is 0 Å². The van der Waals surface area contributed by atoms with Crippen LogP contribution in [0.3, 0.4) is 0 Å². The van der Waals surface area contributed by atoms with Crippen LogP contribution in [-0.4, -0.2) is 66.7 Å². The largest absolute Gasteiger partial charge is 0.495 e. The fraction of sp³-hybridized carbons (Fsp3) is 0.571. The maximum atomic E-state index is 6.43. The molecule has 1 aromatic carbocycles. The normalized spacial score (nSPS) is 22.6. The van der Waals surface area contributed by atoms with Gasteiger partial charge in [-0.2, -0.15) is 5.10 Å². The van der Waals surface area contributed by atoms with E-state index in [1.54, 1.807) is 7.11 Å². The quantitative estimate of drug-likeness (QED) is 0.818. The summed E-state index contributed by atoms with van der Waals surface area (Å²) in [4.78, 5) is 4.83. The summed E-state index contributed by atoms with van der Waals surface area (Å²) in [5, 5.41) is 4.34. The van der Waals surface area contributed by atoms with Crippen molar-refractivity contribution in [3.63, 3.8) is 0 Å². The lowest BCUT2D eigenvalue weighted by molar-refractivity contribution is -0.153. The molecule has 28 heavy (non-hydrogen) atoms. The Bertz CT molecular complexity index is 829. The zero-order valence-corrected chi connectivity index (χ0v) is 17.3. The van der Waals surface area contributed by atoms with Gasteiger partial charge in [0.15, 0.2) is 0 Å². The van der Waals surface area contributed by atoms with Crippen molar-refractivity contribution in [2.45, 2.75) is 31.5 Å². The summed E-state index contributed by atoms with van der Waals surface area (Å²) in [6.45, 7) is 6.08. The van der Waals surface area contributed by atoms with Gasteiger partial charge >= 0.3 is 0 Å². The fourth-order valence-electron chi connectivity index (χ4n) is 4.74. The fourth-order valence-corrected chi connectivity index (χ4v) is 4.74. The first-order valence-corrected chi connectivity index (χ1v) is 9.97. The third kappa shape index (κ3) is 3.56.